The molecule has 0 aliphatic rings. The molecular weight excluding hydrogens is 964 g/mol. The van der Waals surface area contributed by atoms with Crippen LogP contribution >= 0.6 is 0 Å². The Bertz CT molecular complexity index is 4180. The second-order valence-corrected chi connectivity index (χ2v) is 18.7. The summed E-state index contributed by atoms with van der Waals surface area (Å²) in [7, 11) is 0. The van der Waals surface area contributed by atoms with Crippen molar-refractivity contribution in [3.8, 4) is 74.1 Å². The Balaban J connectivity index is 1.18. The highest BCUT2D eigenvalue weighted by Crippen LogP contribution is 2.46. The van der Waals surface area contributed by atoms with E-state index in [1.807, 2.05) is 65.2 Å². The SMILES string of the molecule is Cc1nc(C)nc(-c2ccc3c(c2)c2cc(-c4nc(C)nc(C)n4)ccc2n3-c2cc(C(F)(F)F)c(-n3c4ccc(-c5nc(C)nc(C)n5)cc4c4cc(-c5nc(C)nc(C)n5)ccc43)cc2-c2cccc(C#N)c2)n1. The van der Waals surface area contributed by atoms with E-state index < -0.39 is 11.7 Å². The van der Waals surface area contributed by atoms with Crippen LogP contribution in [0.4, 0.5) is 13.2 Å². The van der Waals surface area contributed by atoms with Gasteiger partial charge in [-0.25, -0.2) is 59.8 Å². The van der Waals surface area contributed by atoms with Gasteiger partial charge in [0.2, 0.25) is 0 Å². The number of hydrogen-bond donors (Lipinski definition) is 0. The van der Waals surface area contributed by atoms with Gasteiger partial charge in [-0.3, -0.25) is 0 Å². The van der Waals surface area contributed by atoms with Gasteiger partial charge in [-0.05, 0) is 158 Å². The van der Waals surface area contributed by atoms with Crippen molar-refractivity contribution < 1.29 is 13.2 Å². The van der Waals surface area contributed by atoms with E-state index in [2.05, 4.69) is 65.9 Å². The molecule has 18 heteroatoms. The van der Waals surface area contributed by atoms with Crippen molar-refractivity contribution in [1.29, 1.82) is 5.26 Å². The highest BCUT2D eigenvalue weighted by Gasteiger charge is 2.37. The molecule has 12 rings (SSSR count). The predicted molar refractivity (Wildman–Crippen MR) is 283 cm³/mol. The Morgan fingerprint density at radius 2 is 0.697 bits per heavy atom. The third-order valence-corrected chi connectivity index (χ3v) is 13.2. The average molecular weight is 1010 g/mol. The molecule has 0 aliphatic heterocycles. The molecule has 0 bridgehead atoms. The number of rotatable bonds is 7. The molecule has 12 aromatic rings. The van der Waals surface area contributed by atoms with Crippen LogP contribution in [0.5, 0.6) is 0 Å². The first-order valence-electron chi connectivity index (χ1n) is 24.2. The van der Waals surface area contributed by atoms with Gasteiger partial charge in [0.25, 0.3) is 0 Å². The number of benzene rings is 6. The van der Waals surface area contributed by atoms with Crippen LogP contribution in [-0.2, 0) is 6.18 Å². The van der Waals surface area contributed by atoms with Gasteiger partial charge in [0.1, 0.15) is 46.6 Å². The fourth-order valence-corrected chi connectivity index (χ4v) is 10.3. The number of hydrogen-bond acceptors (Lipinski definition) is 13. The molecule has 6 aromatic heterocycles. The summed E-state index contributed by atoms with van der Waals surface area (Å²) in [5.41, 5.74) is 5.30. The van der Waals surface area contributed by atoms with Crippen LogP contribution in [0.15, 0.2) is 109 Å². The Morgan fingerprint density at radius 3 is 1.01 bits per heavy atom. The topological polar surface area (TPSA) is 188 Å². The first kappa shape index (κ1) is 47.3. The van der Waals surface area contributed by atoms with Gasteiger partial charge in [0.15, 0.2) is 23.3 Å². The van der Waals surface area contributed by atoms with Crippen molar-refractivity contribution in [2.45, 2.75) is 61.6 Å². The van der Waals surface area contributed by atoms with Crippen molar-refractivity contribution in [2.24, 2.45) is 0 Å². The quantitative estimate of drug-likeness (QED) is 0.147. The Morgan fingerprint density at radius 1 is 0.368 bits per heavy atom. The number of nitrogens with zero attached hydrogens (tertiary/aromatic N) is 15. The molecule has 0 amide bonds. The lowest BCUT2D eigenvalue weighted by Crippen LogP contribution is -2.13. The number of aromatic nitrogens is 14. The normalized spacial score (nSPS) is 11.9. The highest BCUT2D eigenvalue weighted by atomic mass is 19.4. The molecule has 0 spiro atoms. The van der Waals surface area contributed by atoms with Gasteiger partial charge in [-0.2, -0.15) is 18.4 Å². The lowest BCUT2D eigenvalue weighted by molar-refractivity contribution is -0.137. The zero-order valence-electron chi connectivity index (χ0n) is 42.2. The van der Waals surface area contributed by atoms with E-state index in [9.17, 15) is 5.26 Å². The molecule has 15 nitrogen and oxygen atoms in total. The van der Waals surface area contributed by atoms with Crippen molar-refractivity contribution in [3.05, 3.63) is 167 Å². The van der Waals surface area contributed by atoms with E-state index in [1.165, 1.54) is 6.07 Å². The largest absolute Gasteiger partial charge is 0.418 e. The summed E-state index contributed by atoms with van der Waals surface area (Å²) in [4.78, 5) is 54.6. The number of nitriles is 1. The van der Waals surface area contributed by atoms with Crippen LogP contribution in [0, 0.1) is 66.7 Å². The molecule has 0 N–H and O–H groups in total. The van der Waals surface area contributed by atoms with Crippen LogP contribution in [0.2, 0.25) is 0 Å². The van der Waals surface area contributed by atoms with Crippen LogP contribution in [0.25, 0.3) is 112 Å². The molecule has 0 saturated heterocycles. The summed E-state index contributed by atoms with van der Waals surface area (Å²) in [5, 5.41) is 13.0. The van der Waals surface area contributed by atoms with Gasteiger partial charge in [0, 0.05) is 49.4 Å². The van der Waals surface area contributed by atoms with Gasteiger partial charge >= 0.3 is 6.18 Å². The van der Waals surface area contributed by atoms with E-state index in [0.717, 1.165) is 0 Å². The fraction of sp³-hybridized carbons (Fsp3) is 0.155. The second-order valence-electron chi connectivity index (χ2n) is 18.7. The minimum Gasteiger partial charge on any atom is -0.309 e. The smallest absolute Gasteiger partial charge is 0.309 e. The summed E-state index contributed by atoms with van der Waals surface area (Å²) in [6.07, 6.45) is -4.90. The van der Waals surface area contributed by atoms with Crippen molar-refractivity contribution >= 4 is 43.6 Å². The zero-order chi connectivity index (χ0) is 52.9. The lowest BCUT2D eigenvalue weighted by atomic mass is 9.97. The highest BCUT2D eigenvalue weighted by molar-refractivity contribution is 6.13. The molecular formula is C58H42F3N15. The molecule has 0 aliphatic carbocycles. The zero-order valence-corrected chi connectivity index (χ0v) is 42.2. The van der Waals surface area contributed by atoms with Crippen molar-refractivity contribution in [2.75, 3.05) is 0 Å². The van der Waals surface area contributed by atoms with E-state index in [1.54, 1.807) is 102 Å². The summed E-state index contributed by atoms with van der Waals surface area (Å²) >= 11 is 0. The maximum Gasteiger partial charge on any atom is 0.418 e. The molecule has 0 fully saturated rings. The molecule has 0 radical (unpaired) electrons. The number of alkyl halides is 3. The summed E-state index contributed by atoms with van der Waals surface area (Å²) in [6.45, 7) is 14.3. The van der Waals surface area contributed by atoms with Gasteiger partial charge < -0.3 is 9.13 Å². The third-order valence-electron chi connectivity index (χ3n) is 13.2. The van der Waals surface area contributed by atoms with Crippen molar-refractivity contribution in [3.63, 3.8) is 0 Å². The summed E-state index contributed by atoms with van der Waals surface area (Å²) in [5.74, 6) is 6.04. The van der Waals surface area contributed by atoms with Crippen LogP contribution in [-0.4, -0.2) is 68.9 Å². The molecule has 0 saturated carbocycles. The number of halogens is 3. The monoisotopic (exact) mass is 1010 g/mol. The third kappa shape index (κ3) is 8.27. The van der Waals surface area contributed by atoms with Gasteiger partial charge in [-0.1, -0.05) is 12.1 Å². The number of fused-ring (bicyclic) bond motifs is 6. The Kier molecular flexibility index (Phi) is 11.0. The van der Waals surface area contributed by atoms with E-state index >= 15 is 13.2 Å². The fourth-order valence-electron chi connectivity index (χ4n) is 10.3. The summed E-state index contributed by atoms with van der Waals surface area (Å²) in [6, 6.07) is 34.3. The van der Waals surface area contributed by atoms with E-state index in [-0.39, 0.29) is 11.4 Å². The maximum atomic E-state index is 16.5. The Labute approximate surface area is 432 Å². The van der Waals surface area contributed by atoms with Gasteiger partial charge in [0.05, 0.1) is 50.6 Å². The average Bonchev–Trinajstić information content (AvgIpc) is 3.94. The van der Waals surface area contributed by atoms with Crippen LogP contribution in [0.3, 0.4) is 0 Å². The number of aryl methyl sites for hydroxylation is 8. The van der Waals surface area contributed by atoms with Crippen LogP contribution in [0.1, 0.15) is 57.7 Å². The molecule has 76 heavy (non-hydrogen) atoms. The van der Waals surface area contributed by atoms with Crippen LogP contribution < -0.4 is 0 Å². The summed E-state index contributed by atoms with van der Waals surface area (Å²) < 4.78 is 53.1. The van der Waals surface area contributed by atoms with E-state index in [4.69, 9.17) is 0 Å². The molecule has 6 aromatic carbocycles. The second kappa shape index (κ2) is 17.7. The Hall–Kier alpha value is -9.76. The van der Waals surface area contributed by atoms with E-state index in [0.29, 0.717) is 152 Å². The van der Waals surface area contributed by atoms with Crippen molar-refractivity contribution in [1.82, 2.24) is 68.9 Å². The molecule has 0 atom stereocenters. The molecule has 0 unspecified atom stereocenters. The standard InChI is InChI=1S/C58H42F3N15/c1-28-63-29(2)68-54(67-28)38-12-16-48-43(21-38)44-22-39(55-69-30(3)64-31(4)70-55)13-17-49(44)75(48)52-26-47(58(59,60)61)53(25-42(52)37-11-9-10-36(20-37)27-62)76-50-18-14-40(56-71-32(5)65-33(6)72-56)23-45(50)46-24-41(15-19-51(46)76)57-73-34(7)66-35(8)74-57/h9-26H,1-8H3. The molecule has 6 heterocycles. The lowest BCUT2D eigenvalue weighted by Gasteiger charge is -2.22. The molecule has 370 valence electrons. The van der Waals surface area contributed by atoms with Gasteiger partial charge in [-0.15, -0.1) is 0 Å². The first-order valence-corrected chi connectivity index (χ1v) is 24.2. The first-order chi connectivity index (χ1) is 36.5. The minimum absolute atomic E-state index is 0.140. The predicted octanol–water partition coefficient (Wildman–Crippen LogP) is 12.3. The minimum atomic E-state index is -4.90. The maximum absolute atomic E-state index is 16.5.